The standard InChI is InChI=1S/C76H135NO10/c1-4-7-10-13-16-19-22-25-27-29-31-32-33-34-35-36-37-39-40-42-45-48-51-54-57-60-63-69(80)75(84)77-67(68(79)62-59-56-53-50-47-44-24-21-18-15-12-9-6-3)66-85-76-74(73(83)72(82)70(65-78)86-76)87-71(81)64-61-58-55-52-49-46-43-41-38-30-28-26-23-20-17-14-11-8-5-2/h16-17,19-20,25-28,38,41,46,49,59,62,67-70,72-74,76,78-80,82-83H,4-15,18,21-24,29-37,39-40,42-45,47-48,50-58,60-61,63-66H2,1-3H3,(H,77,84)/b19-16-,20-17-,27-25-,28-26-,41-38-,49-46-,62-59+. The van der Waals surface area contributed by atoms with E-state index in [0.29, 0.717) is 12.8 Å². The first-order chi connectivity index (χ1) is 42.7. The fraction of sp³-hybridized carbons (Fsp3) is 0.789. The molecule has 8 atom stereocenters. The molecule has 1 rings (SSSR count). The first-order valence-electron chi connectivity index (χ1n) is 36.4. The number of aliphatic hydroxyl groups excluding tert-OH is 5. The molecule has 504 valence electrons. The summed E-state index contributed by atoms with van der Waals surface area (Å²) in [5.41, 5.74) is 0. The lowest BCUT2D eigenvalue weighted by Gasteiger charge is -2.41. The van der Waals surface area contributed by atoms with Gasteiger partial charge in [0, 0.05) is 6.42 Å². The van der Waals surface area contributed by atoms with E-state index in [2.05, 4.69) is 99.0 Å². The summed E-state index contributed by atoms with van der Waals surface area (Å²) in [6, 6.07) is -1.03. The maximum absolute atomic E-state index is 13.5. The molecule has 87 heavy (non-hydrogen) atoms. The number of nitrogens with one attached hydrogen (secondary N) is 1. The number of rotatable bonds is 62. The molecule has 0 saturated carbocycles. The van der Waals surface area contributed by atoms with Crippen LogP contribution in [0.2, 0.25) is 0 Å². The summed E-state index contributed by atoms with van der Waals surface area (Å²) in [4.78, 5) is 26.7. The lowest BCUT2D eigenvalue weighted by atomic mass is 9.99. The molecule has 1 heterocycles. The minimum atomic E-state index is -1.63. The van der Waals surface area contributed by atoms with Gasteiger partial charge < -0.3 is 45.1 Å². The number of carbonyl (C=O) groups excluding carboxylic acids is 2. The zero-order valence-electron chi connectivity index (χ0n) is 56.1. The maximum Gasteiger partial charge on any atom is 0.306 e. The highest BCUT2D eigenvalue weighted by Crippen LogP contribution is 2.26. The largest absolute Gasteiger partial charge is 0.454 e. The number of esters is 1. The fourth-order valence-corrected chi connectivity index (χ4v) is 11.0. The molecule has 1 saturated heterocycles. The number of hydrogen-bond acceptors (Lipinski definition) is 10. The third kappa shape index (κ3) is 50.2. The first kappa shape index (κ1) is 81.9. The van der Waals surface area contributed by atoms with E-state index in [4.69, 9.17) is 14.2 Å². The van der Waals surface area contributed by atoms with E-state index in [0.717, 1.165) is 83.5 Å². The third-order valence-electron chi connectivity index (χ3n) is 16.8. The maximum atomic E-state index is 13.5. The number of aliphatic hydroxyl groups is 5. The van der Waals surface area contributed by atoms with Crippen molar-refractivity contribution in [2.75, 3.05) is 13.2 Å². The lowest BCUT2D eigenvalue weighted by Crippen LogP contribution is -2.61. The van der Waals surface area contributed by atoms with Crippen molar-refractivity contribution in [1.82, 2.24) is 5.32 Å². The summed E-state index contributed by atoms with van der Waals surface area (Å²) in [5, 5.41) is 57.3. The van der Waals surface area contributed by atoms with Crippen LogP contribution in [0.15, 0.2) is 85.1 Å². The molecular formula is C76H135NO10. The average molecular weight is 1220 g/mol. The van der Waals surface area contributed by atoms with Crippen LogP contribution in [0.5, 0.6) is 0 Å². The van der Waals surface area contributed by atoms with Gasteiger partial charge in [-0.2, -0.15) is 0 Å². The number of carbonyl (C=O) groups is 2. The molecule has 1 fully saturated rings. The number of allylic oxidation sites excluding steroid dienone is 13. The topological polar surface area (TPSA) is 175 Å². The summed E-state index contributed by atoms with van der Waals surface area (Å²) in [6.45, 7) is 5.76. The Morgan fingerprint density at radius 2 is 0.793 bits per heavy atom. The Kier molecular flexibility index (Phi) is 59.3. The van der Waals surface area contributed by atoms with Crippen molar-refractivity contribution in [3.63, 3.8) is 0 Å². The van der Waals surface area contributed by atoms with Crippen molar-refractivity contribution in [2.45, 2.75) is 372 Å². The normalized spacial score (nSPS) is 18.7. The number of ether oxygens (including phenoxy) is 3. The van der Waals surface area contributed by atoms with Crippen molar-refractivity contribution in [3.8, 4) is 0 Å². The zero-order chi connectivity index (χ0) is 63.1. The Balaban J connectivity index is 2.59. The number of amides is 1. The lowest BCUT2D eigenvalue weighted by molar-refractivity contribution is -0.305. The van der Waals surface area contributed by atoms with Crippen molar-refractivity contribution in [1.29, 1.82) is 0 Å². The molecule has 0 bridgehead atoms. The molecule has 1 aliphatic rings. The Labute approximate surface area is 533 Å². The third-order valence-corrected chi connectivity index (χ3v) is 16.8. The van der Waals surface area contributed by atoms with Crippen LogP contribution in [-0.2, 0) is 23.8 Å². The molecule has 0 aromatic rings. The summed E-state index contributed by atoms with van der Waals surface area (Å²) >= 11 is 0. The molecule has 8 unspecified atom stereocenters. The van der Waals surface area contributed by atoms with Crippen molar-refractivity contribution < 1.29 is 49.3 Å². The summed E-state index contributed by atoms with van der Waals surface area (Å²) < 4.78 is 17.7. The molecule has 11 nitrogen and oxygen atoms in total. The predicted octanol–water partition coefficient (Wildman–Crippen LogP) is 18.8. The Hall–Kier alpha value is -3.16. The van der Waals surface area contributed by atoms with Gasteiger partial charge in [0.05, 0.1) is 25.4 Å². The van der Waals surface area contributed by atoms with Crippen LogP contribution in [0.1, 0.15) is 323 Å². The predicted molar refractivity (Wildman–Crippen MR) is 366 cm³/mol. The zero-order valence-corrected chi connectivity index (χ0v) is 56.1. The average Bonchev–Trinajstić information content (AvgIpc) is 2.51. The minimum absolute atomic E-state index is 0.0843. The van der Waals surface area contributed by atoms with Gasteiger partial charge in [-0.1, -0.05) is 298 Å². The highest BCUT2D eigenvalue weighted by Gasteiger charge is 2.47. The Morgan fingerprint density at radius 3 is 1.21 bits per heavy atom. The van der Waals surface area contributed by atoms with Crippen LogP contribution in [0.4, 0.5) is 0 Å². The minimum Gasteiger partial charge on any atom is -0.454 e. The number of unbranched alkanes of at least 4 members (excludes halogenated alkanes) is 36. The highest BCUT2D eigenvalue weighted by atomic mass is 16.7. The van der Waals surface area contributed by atoms with Crippen LogP contribution in [0, 0.1) is 0 Å². The molecule has 0 aromatic heterocycles. The van der Waals surface area contributed by atoms with Crippen LogP contribution in [0.3, 0.4) is 0 Å². The van der Waals surface area contributed by atoms with Crippen molar-refractivity contribution in [2.24, 2.45) is 0 Å². The van der Waals surface area contributed by atoms with Crippen LogP contribution < -0.4 is 5.32 Å². The van der Waals surface area contributed by atoms with Crippen LogP contribution >= 0.6 is 0 Å². The summed E-state index contributed by atoms with van der Waals surface area (Å²) in [7, 11) is 0. The van der Waals surface area contributed by atoms with Crippen LogP contribution in [-0.4, -0.2) is 99.6 Å². The van der Waals surface area contributed by atoms with Gasteiger partial charge in [-0.05, 0) is 103 Å². The van der Waals surface area contributed by atoms with Gasteiger partial charge in [0.2, 0.25) is 5.91 Å². The quantitative estimate of drug-likeness (QED) is 0.0195. The molecule has 0 aliphatic carbocycles. The van der Waals surface area contributed by atoms with Crippen LogP contribution in [0.25, 0.3) is 0 Å². The fourth-order valence-electron chi connectivity index (χ4n) is 11.0. The second kappa shape index (κ2) is 63.0. The number of hydrogen-bond donors (Lipinski definition) is 6. The van der Waals surface area contributed by atoms with E-state index in [1.165, 1.54) is 193 Å². The molecule has 6 N–H and O–H groups in total. The molecule has 0 spiro atoms. The second-order valence-corrected chi connectivity index (χ2v) is 25.0. The molecule has 0 radical (unpaired) electrons. The highest BCUT2D eigenvalue weighted by molar-refractivity contribution is 5.80. The summed E-state index contributed by atoms with van der Waals surface area (Å²) in [6.07, 6.45) is 73.4. The van der Waals surface area contributed by atoms with E-state index in [1.54, 1.807) is 6.08 Å². The smallest absolute Gasteiger partial charge is 0.306 e. The van der Waals surface area contributed by atoms with Gasteiger partial charge in [0.25, 0.3) is 0 Å². The van der Waals surface area contributed by atoms with E-state index in [9.17, 15) is 35.1 Å². The second-order valence-electron chi connectivity index (χ2n) is 25.0. The Bertz CT molecular complexity index is 1740. The van der Waals surface area contributed by atoms with Gasteiger partial charge in [-0.3, -0.25) is 9.59 Å². The molecule has 1 amide bonds. The van der Waals surface area contributed by atoms with Gasteiger partial charge >= 0.3 is 5.97 Å². The van der Waals surface area contributed by atoms with Gasteiger partial charge in [0.15, 0.2) is 12.4 Å². The Morgan fingerprint density at radius 1 is 0.448 bits per heavy atom. The van der Waals surface area contributed by atoms with Gasteiger partial charge in [-0.15, -0.1) is 0 Å². The molecular weight excluding hydrogens is 1090 g/mol. The monoisotopic (exact) mass is 1220 g/mol. The van der Waals surface area contributed by atoms with Gasteiger partial charge in [-0.25, -0.2) is 0 Å². The van der Waals surface area contributed by atoms with Crippen molar-refractivity contribution >= 4 is 11.9 Å². The molecule has 11 heteroatoms. The van der Waals surface area contributed by atoms with Crippen molar-refractivity contribution in [3.05, 3.63) is 85.1 Å². The molecule has 1 aliphatic heterocycles. The molecule has 0 aromatic carbocycles. The van der Waals surface area contributed by atoms with E-state index in [-0.39, 0.29) is 19.4 Å². The SMILES string of the molecule is CCCCC/C=C\C/C=C\C/C=C\C/C=C\CCCCCC(=O)OC1C(OCC(NC(=O)C(O)CCCCCCCCCCCCCCCCCC/C=C\C/C=C\CCCCC)C(O)/C=C/CCCCCCCCCCCCC)OC(CO)C(O)C1O. The summed E-state index contributed by atoms with van der Waals surface area (Å²) in [5.74, 6) is -1.22. The van der Waals surface area contributed by atoms with Gasteiger partial charge in [0.1, 0.15) is 24.4 Å². The van der Waals surface area contributed by atoms with E-state index >= 15 is 0 Å². The first-order valence-corrected chi connectivity index (χ1v) is 36.4. The van der Waals surface area contributed by atoms with E-state index in [1.807, 2.05) is 6.08 Å². The van der Waals surface area contributed by atoms with E-state index < -0.39 is 67.4 Å².